The Morgan fingerprint density at radius 2 is 1.87 bits per heavy atom. The topological polar surface area (TPSA) is 58.6 Å². The second kappa shape index (κ2) is 12.0. The number of carbonyl (C=O) groups excluding carboxylic acids is 2. The molecule has 2 rings (SSSR count). The number of unbranched alkanes of at least 4 members (excludes halogenated alkanes) is 1. The molecule has 2 amide bonds. The highest BCUT2D eigenvalue weighted by molar-refractivity contribution is 6.35. The van der Waals surface area contributed by atoms with E-state index >= 15 is 0 Å². The van der Waals surface area contributed by atoms with Crippen LogP contribution in [0.15, 0.2) is 36.4 Å². The van der Waals surface area contributed by atoms with Gasteiger partial charge in [-0.05, 0) is 56.5 Å². The van der Waals surface area contributed by atoms with Crippen molar-refractivity contribution in [1.29, 1.82) is 0 Å². The quantitative estimate of drug-likeness (QED) is 0.483. The third-order valence-corrected chi connectivity index (χ3v) is 5.62. The smallest absolute Gasteiger partial charge is 0.261 e. The Balaban J connectivity index is 2.18. The summed E-state index contributed by atoms with van der Waals surface area (Å²) >= 11 is 12.3. The first-order chi connectivity index (χ1) is 14.7. The van der Waals surface area contributed by atoms with E-state index in [-0.39, 0.29) is 25.0 Å². The molecule has 2 aromatic carbocycles. The van der Waals surface area contributed by atoms with E-state index in [0.717, 1.165) is 24.0 Å². The van der Waals surface area contributed by atoms with Crippen LogP contribution in [0.1, 0.15) is 43.4 Å². The van der Waals surface area contributed by atoms with Crippen molar-refractivity contribution in [2.75, 3.05) is 13.2 Å². The molecule has 0 aliphatic carbocycles. The van der Waals surface area contributed by atoms with Crippen LogP contribution >= 0.6 is 23.2 Å². The third kappa shape index (κ3) is 7.44. The fraction of sp³-hybridized carbons (Fsp3) is 0.417. The maximum Gasteiger partial charge on any atom is 0.261 e. The molecular weight excluding hydrogens is 435 g/mol. The summed E-state index contributed by atoms with van der Waals surface area (Å²) in [5.41, 5.74) is 2.78. The molecule has 0 heterocycles. The van der Waals surface area contributed by atoms with Crippen LogP contribution in [0, 0.1) is 13.8 Å². The average Bonchev–Trinajstić information content (AvgIpc) is 2.72. The van der Waals surface area contributed by atoms with E-state index in [9.17, 15) is 9.59 Å². The van der Waals surface area contributed by atoms with Crippen LogP contribution in [0.5, 0.6) is 5.75 Å². The predicted octanol–water partition coefficient (Wildman–Crippen LogP) is 5.32. The van der Waals surface area contributed by atoms with Gasteiger partial charge in [-0.1, -0.05) is 60.3 Å². The molecule has 168 valence electrons. The zero-order valence-corrected chi connectivity index (χ0v) is 20.0. The maximum atomic E-state index is 13.1. The molecule has 0 bridgehead atoms. The minimum Gasteiger partial charge on any atom is -0.483 e. The van der Waals surface area contributed by atoms with Crippen LogP contribution < -0.4 is 10.1 Å². The normalized spacial score (nSPS) is 11.7. The van der Waals surface area contributed by atoms with Crippen LogP contribution in [0.25, 0.3) is 0 Å². The lowest BCUT2D eigenvalue weighted by Gasteiger charge is -2.29. The minimum atomic E-state index is -0.682. The molecule has 7 heteroatoms. The van der Waals surface area contributed by atoms with Crippen LogP contribution in [0.2, 0.25) is 10.0 Å². The Kier molecular flexibility index (Phi) is 9.66. The number of carbonyl (C=O) groups is 2. The lowest BCUT2D eigenvalue weighted by Crippen LogP contribution is -2.49. The molecule has 0 aliphatic heterocycles. The van der Waals surface area contributed by atoms with Gasteiger partial charge in [0, 0.05) is 23.1 Å². The van der Waals surface area contributed by atoms with Gasteiger partial charge in [0.15, 0.2) is 6.61 Å². The van der Waals surface area contributed by atoms with Crippen LogP contribution in [-0.4, -0.2) is 35.9 Å². The maximum absolute atomic E-state index is 13.1. The summed E-state index contributed by atoms with van der Waals surface area (Å²) in [6, 6.07) is 10.2. The van der Waals surface area contributed by atoms with E-state index in [0.29, 0.717) is 27.9 Å². The lowest BCUT2D eigenvalue weighted by molar-refractivity contribution is -0.142. The molecule has 1 unspecified atom stereocenters. The van der Waals surface area contributed by atoms with Gasteiger partial charge >= 0.3 is 0 Å². The van der Waals surface area contributed by atoms with Gasteiger partial charge in [-0.2, -0.15) is 0 Å². The molecular formula is C24H30Cl2N2O3. The molecule has 0 saturated carbocycles. The molecule has 1 N–H and O–H groups in total. The Hall–Kier alpha value is -2.24. The van der Waals surface area contributed by atoms with Crippen LogP contribution in [-0.2, 0) is 16.1 Å². The van der Waals surface area contributed by atoms with Crippen LogP contribution in [0.4, 0.5) is 0 Å². The van der Waals surface area contributed by atoms with E-state index in [1.807, 2.05) is 32.0 Å². The SMILES string of the molecule is CCCCNC(=O)C(C)N(Cc1ccc(Cl)cc1Cl)C(=O)COc1ccc(C)cc1C. The molecule has 1 atom stereocenters. The first-order valence-corrected chi connectivity index (χ1v) is 11.2. The number of hydrogen-bond donors (Lipinski definition) is 1. The van der Waals surface area contributed by atoms with Crippen molar-refractivity contribution < 1.29 is 14.3 Å². The van der Waals surface area contributed by atoms with Crippen molar-refractivity contribution in [3.63, 3.8) is 0 Å². The number of rotatable bonds is 10. The van der Waals surface area contributed by atoms with Gasteiger partial charge in [0.1, 0.15) is 11.8 Å². The summed E-state index contributed by atoms with van der Waals surface area (Å²) in [5.74, 6) is 0.131. The summed E-state index contributed by atoms with van der Waals surface area (Å²) in [7, 11) is 0. The third-order valence-electron chi connectivity index (χ3n) is 5.03. The molecule has 31 heavy (non-hydrogen) atoms. The Morgan fingerprint density at radius 3 is 2.52 bits per heavy atom. The van der Waals surface area contributed by atoms with Crippen molar-refractivity contribution in [2.24, 2.45) is 0 Å². The molecule has 0 aliphatic rings. The fourth-order valence-electron chi connectivity index (χ4n) is 3.14. The molecule has 5 nitrogen and oxygen atoms in total. The summed E-state index contributed by atoms with van der Waals surface area (Å²) in [6.07, 6.45) is 1.85. The first kappa shape index (κ1) is 25.0. The monoisotopic (exact) mass is 464 g/mol. The molecule has 0 fully saturated rings. The number of benzene rings is 2. The van der Waals surface area contributed by atoms with Crippen molar-refractivity contribution in [3.8, 4) is 5.75 Å². The highest BCUT2D eigenvalue weighted by atomic mass is 35.5. The predicted molar refractivity (Wildman–Crippen MR) is 126 cm³/mol. The van der Waals surface area contributed by atoms with E-state index in [1.54, 1.807) is 25.1 Å². The van der Waals surface area contributed by atoms with Crippen LogP contribution in [0.3, 0.4) is 0 Å². The molecule has 0 spiro atoms. The highest BCUT2D eigenvalue weighted by Gasteiger charge is 2.27. The second-order valence-electron chi connectivity index (χ2n) is 7.64. The number of amides is 2. The van der Waals surface area contributed by atoms with Crippen molar-refractivity contribution in [3.05, 3.63) is 63.1 Å². The average molecular weight is 465 g/mol. The van der Waals surface area contributed by atoms with Gasteiger partial charge < -0.3 is 15.0 Å². The Labute approximate surface area is 194 Å². The highest BCUT2D eigenvalue weighted by Crippen LogP contribution is 2.24. The summed E-state index contributed by atoms with van der Waals surface area (Å²) in [6.45, 7) is 8.26. The number of halogens is 2. The summed E-state index contributed by atoms with van der Waals surface area (Å²) < 4.78 is 5.77. The molecule has 0 saturated heterocycles. The molecule has 0 radical (unpaired) electrons. The van der Waals surface area contributed by atoms with E-state index in [2.05, 4.69) is 12.2 Å². The largest absolute Gasteiger partial charge is 0.483 e. The number of ether oxygens (including phenoxy) is 1. The number of nitrogens with one attached hydrogen (secondary N) is 1. The van der Waals surface area contributed by atoms with Crippen molar-refractivity contribution in [1.82, 2.24) is 10.2 Å². The van der Waals surface area contributed by atoms with E-state index < -0.39 is 6.04 Å². The number of hydrogen-bond acceptors (Lipinski definition) is 3. The standard InChI is InChI=1S/C24H30Cl2N2O3/c1-5-6-11-27-24(30)18(4)28(14-19-8-9-20(25)13-21(19)26)23(29)15-31-22-10-7-16(2)12-17(22)3/h7-10,12-13,18H,5-6,11,14-15H2,1-4H3,(H,27,30). The van der Waals surface area contributed by atoms with Crippen molar-refractivity contribution >= 4 is 35.0 Å². The molecule has 0 aromatic heterocycles. The Bertz CT molecular complexity index is 918. The second-order valence-corrected chi connectivity index (χ2v) is 8.48. The fourth-order valence-corrected chi connectivity index (χ4v) is 3.60. The summed E-state index contributed by atoms with van der Waals surface area (Å²) in [5, 5.41) is 3.84. The van der Waals surface area contributed by atoms with Gasteiger partial charge in [0.05, 0.1) is 0 Å². The number of nitrogens with zero attached hydrogens (tertiary/aromatic N) is 1. The first-order valence-electron chi connectivity index (χ1n) is 10.4. The van der Waals surface area contributed by atoms with Crippen molar-refractivity contribution in [2.45, 2.75) is 53.1 Å². The van der Waals surface area contributed by atoms with Gasteiger partial charge in [-0.25, -0.2) is 0 Å². The van der Waals surface area contributed by atoms with Gasteiger partial charge in [-0.3, -0.25) is 9.59 Å². The molecule has 2 aromatic rings. The van der Waals surface area contributed by atoms with Gasteiger partial charge in [0.2, 0.25) is 5.91 Å². The number of aryl methyl sites for hydroxylation is 2. The van der Waals surface area contributed by atoms with Gasteiger partial charge in [0.25, 0.3) is 5.91 Å². The van der Waals surface area contributed by atoms with E-state index in [4.69, 9.17) is 27.9 Å². The lowest BCUT2D eigenvalue weighted by atomic mass is 10.1. The van der Waals surface area contributed by atoms with E-state index in [1.165, 1.54) is 4.90 Å². The zero-order chi connectivity index (χ0) is 23.0. The zero-order valence-electron chi connectivity index (χ0n) is 18.5. The summed E-state index contributed by atoms with van der Waals surface area (Å²) in [4.78, 5) is 27.3. The minimum absolute atomic E-state index is 0.174. The van der Waals surface area contributed by atoms with Gasteiger partial charge in [-0.15, -0.1) is 0 Å². The Morgan fingerprint density at radius 1 is 1.13 bits per heavy atom.